The first kappa shape index (κ1) is 18.3. The van der Waals surface area contributed by atoms with Gasteiger partial charge in [-0.25, -0.2) is 19.1 Å². The molecule has 0 aliphatic heterocycles. The predicted molar refractivity (Wildman–Crippen MR) is 110 cm³/mol. The molecule has 2 heterocycles. The number of H-pyrrole nitrogens is 1. The molecular weight excluding hydrogens is 398 g/mol. The van der Waals surface area contributed by atoms with Gasteiger partial charge >= 0.3 is 11.7 Å². The van der Waals surface area contributed by atoms with E-state index in [-0.39, 0.29) is 11.3 Å². The average molecular weight is 412 g/mol. The highest BCUT2D eigenvalue weighted by atomic mass is 35.5. The zero-order chi connectivity index (χ0) is 19.7. The van der Waals surface area contributed by atoms with Crippen molar-refractivity contribution in [2.75, 3.05) is 0 Å². The van der Waals surface area contributed by atoms with Crippen LogP contribution in [0.25, 0.3) is 16.9 Å². The maximum atomic E-state index is 12.5. The Hall–Kier alpha value is -3.03. The van der Waals surface area contributed by atoms with Gasteiger partial charge in [-0.15, -0.1) is 11.8 Å². The summed E-state index contributed by atoms with van der Waals surface area (Å²) in [7, 11) is 0. The minimum Gasteiger partial charge on any atom is -0.477 e. The van der Waals surface area contributed by atoms with Gasteiger partial charge in [0.05, 0.1) is 16.2 Å². The Bertz CT molecular complexity index is 1230. The third-order valence-electron chi connectivity index (χ3n) is 4.16. The van der Waals surface area contributed by atoms with Crippen molar-refractivity contribution in [1.29, 1.82) is 0 Å². The first-order valence-corrected chi connectivity index (χ1v) is 9.71. The summed E-state index contributed by atoms with van der Waals surface area (Å²) in [5.74, 6) is -0.396. The number of carbonyl (C=O) groups is 1. The van der Waals surface area contributed by atoms with Gasteiger partial charge in [0.2, 0.25) is 0 Å². The van der Waals surface area contributed by atoms with Gasteiger partial charge in [-0.1, -0.05) is 41.9 Å². The summed E-state index contributed by atoms with van der Waals surface area (Å²) in [5.41, 5.74) is 1.71. The van der Waals surface area contributed by atoms with Crippen molar-refractivity contribution in [3.05, 3.63) is 87.4 Å². The van der Waals surface area contributed by atoms with E-state index < -0.39 is 11.7 Å². The van der Waals surface area contributed by atoms with Crippen molar-refractivity contribution >= 4 is 40.5 Å². The largest absolute Gasteiger partial charge is 0.477 e. The predicted octanol–water partition coefficient (Wildman–Crippen LogP) is 4.36. The van der Waals surface area contributed by atoms with E-state index in [1.54, 1.807) is 23.9 Å². The van der Waals surface area contributed by atoms with Crippen LogP contribution in [0.2, 0.25) is 5.02 Å². The molecule has 0 spiro atoms. The summed E-state index contributed by atoms with van der Waals surface area (Å²) in [6.45, 7) is 0. The molecule has 28 heavy (non-hydrogen) atoms. The summed E-state index contributed by atoms with van der Waals surface area (Å²) >= 11 is 7.97. The monoisotopic (exact) mass is 411 g/mol. The van der Waals surface area contributed by atoms with Gasteiger partial charge in [0, 0.05) is 10.6 Å². The van der Waals surface area contributed by atoms with Crippen LogP contribution in [0.1, 0.15) is 16.1 Å². The molecule has 140 valence electrons. The average Bonchev–Trinajstić information content (AvgIpc) is 3.03. The lowest BCUT2D eigenvalue weighted by Gasteiger charge is -2.09. The van der Waals surface area contributed by atoms with Gasteiger partial charge in [-0.3, -0.25) is 0 Å². The Morgan fingerprint density at radius 3 is 2.68 bits per heavy atom. The standard InChI is InChI=1S/C20H14ClN3O3S/c21-14-7-6-13(28-11-12-4-2-1-3-5-12)10-17(14)24-18-15(23-20(24)27)8-9-16(22-18)19(25)26/h1-10H,11H2,(H,23,27)(H,25,26). The molecule has 4 rings (SSSR count). The number of nitrogens with one attached hydrogen (secondary N) is 1. The Labute approximate surface area is 168 Å². The Kier molecular flexibility index (Phi) is 4.93. The van der Waals surface area contributed by atoms with Crippen molar-refractivity contribution in [1.82, 2.24) is 14.5 Å². The number of thioether (sulfide) groups is 1. The second-order valence-electron chi connectivity index (χ2n) is 6.03. The molecule has 8 heteroatoms. The minimum absolute atomic E-state index is 0.147. The number of hydrogen-bond acceptors (Lipinski definition) is 4. The van der Waals surface area contributed by atoms with Gasteiger partial charge in [-0.2, -0.15) is 0 Å². The first-order chi connectivity index (χ1) is 13.5. The van der Waals surface area contributed by atoms with Crippen LogP contribution in [-0.4, -0.2) is 25.6 Å². The number of halogens is 1. The lowest BCUT2D eigenvalue weighted by molar-refractivity contribution is 0.0691. The number of carboxylic acid groups (broad SMARTS) is 1. The number of carboxylic acids is 1. The number of hydrogen-bond donors (Lipinski definition) is 2. The second kappa shape index (κ2) is 7.53. The van der Waals surface area contributed by atoms with E-state index in [1.165, 1.54) is 22.3 Å². The van der Waals surface area contributed by atoms with Crippen LogP contribution < -0.4 is 5.69 Å². The third kappa shape index (κ3) is 3.54. The van der Waals surface area contributed by atoms with Crippen molar-refractivity contribution < 1.29 is 9.90 Å². The molecule has 0 amide bonds. The van der Waals surface area contributed by atoms with Crippen molar-refractivity contribution in [2.24, 2.45) is 0 Å². The van der Waals surface area contributed by atoms with Crippen LogP contribution in [0.3, 0.4) is 0 Å². The molecule has 2 N–H and O–H groups in total. The van der Waals surface area contributed by atoms with E-state index >= 15 is 0 Å². The van der Waals surface area contributed by atoms with E-state index in [0.29, 0.717) is 16.2 Å². The highest BCUT2D eigenvalue weighted by Gasteiger charge is 2.16. The normalized spacial score (nSPS) is 11.0. The van der Waals surface area contributed by atoms with Crippen LogP contribution >= 0.6 is 23.4 Å². The van der Waals surface area contributed by atoms with Crippen LogP contribution in [0.15, 0.2) is 70.4 Å². The molecule has 0 radical (unpaired) electrons. The number of benzene rings is 2. The molecule has 2 aromatic heterocycles. The summed E-state index contributed by atoms with van der Waals surface area (Å²) in [5, 5.41) is 9.57. The van der Waals surface area contributed by atoms with Crippen LogP contribution in [0.5, 0.6) is 0 Å². The fraction of sp³-hybridized carbons (Fsp3) is 0.0500. The van der Waals surface area contributed by atoms with Gasteiger partial charge in [-0.05, 0) is 35.9 Å². The lowest BCUT2D eigenvalue weighted by atomic mass is 10.2. The molecule has 0 fully saturated rings. The topological polar surface area (TPSA) is 88.0 Å². The number of pyridine rings is 1. The smallest absolute Gasteiger partial charge is 0.354 e. The molecule has 2 aromatic carbocycles. The Balaban J connectivity index is 1.76. The molecule has 0 saturated carbocycles. The number of aromatic nitrogens is 3. The molecule has 0 unspecified atom stereocenters. The van der Waals surface area contributed by atoms with Crippen molar-refractivity contribution in [3.8, 4) is 5.69 Å². The number of nitrogens with zero attached hydrogens (tertiary/aromatic N) is 2. The third-order valence-corrected chi connectivity index (χ3v) is 5.54. The summed E-state index contributed by atoms with van der Waals surface area (Å²) in [4.78, 5) is 31.5. The molecule has 6 nitrogen and oxygen atoms in total. The van der Waals surface area contributed by atoms with Crippen LogP contribution in [0, 0.1) is 0 Å². The number of aromatic amines is 1. The fourth-order valence-electron chi connectivity index (χ4n) is 2.82. The van der Waals surface area contributed by atoms with Crippen molar-refractivity contribution in [2.45, 2.75) is 10.6 Å². The van der Waals surface area contributed by atoms with E-state index in [1.807, 2.05) is 36.4 Å². The lowest BCUT2D eigenvalue weighted by Crippen LogP contribution is -2.15. The second-order valence-corrected chi connectivity index (χ2v) is 7.48. The maximum Gasteiger partial charge on any atom is 0.354 e. The van der Waals surface area contributed by atoms with E-state index in [9.17, 15) is 14.7 Å². The SMILES string of the molecule is O=C(O)c1ccc2[nH]c(=O)n(-c3cc(SCc4ccccc4)ccc3Cl)c2n1. The van der Waals surface area contributed by atoms with E-state index in [0.717, 1.165) is 10.6 Å². The van der Waals surface area contributed by atoms with Crippen LogP contribution in [0.4, 0.5) is 0 Å². The summed E-state index contributed by atoms with van der Waals surface area (Å²) < 4.78 is 1.30. The van der Waals surface area contributed by atoms with Gasteiger partial charge in [0.25, 0.3) is 0 Å². The molecule has 0 saturated heterocycles. The molecule has 0 aliphatic rings. The van der Waals surface area contributed by atoms with E-state index in [2.05, 4.69) is 9.97 Å². The number of rotatable bonds is 5. The van der Waals surface area contributed by atoms with Gasteiger partial charge in [0.1, 0.15) is 0 Å². The highest BCUT2D eigenvalue weighted by molar-refractivity contribution is 7.98. The first-order valence-electron chi connectivity index (χ1n) is 8.34. The van der Waals surface area contributed by atoms with Crippen molar-refractivity contribution in [3.63, 3.8) is 0 Å². The molecule has 0 bridgehead atoms. The summed E-state index contributed by atoms with van der Waals surface area (Å²) in [6.07, 6.45) is 0. The molecule has 0 atom stereocenters. The Morgan fingerprint density at radius 1 is 1.14 bits per heavy atom. The van der Waals surface area contributed by atoms with Gasteiger partial charge < -0.3 is 10.1 Å². The van der Waals surface area contributed by atoms with Gasteiger partial charge in [0.15, 0.2) is 11.3 Å². The number of aromatic carboxylic acids is 1. The molecule has 4 aromatic rings. The maximum absolute atomic E-state index is 12.5. The van der Waals surface area contributed by atoms with E-state index in [4.69, 9.17) is 11.6 Å². The zero-order valence-corrected chi connectivity index (χ0v) is 16.0. The Morgan fingerprint density at radius 2 is 1.93 bits per heavy atom. The number of imidazole rings is 1. The zero-order valence-electron chi connectivity index (χ0n) is 14.4. The fourth-order valence-corrected chi connectivity index (χ4v) is 3.91. The summed E-state index contributed by atoms with van der Waals surface area (Å²) in [6, 6.07) is 18.3. The molecular formula is C20H14ClN3O3S. The molecule has 0 aliphatic carbocycles. The minimum atomic E-state index is -1.17. The number of fused-ring (bicyclic) bond motifs is 1. The van der Waals surface area contributed by atoms with Crippen LogP contribution in [-0.2, 0) is 5.75 Å². The quantitative estimate of drug-likeness (QED) is 0.476. The highest BCUT2D eigenvalue weighted by Crippen LogP contribution is 2.30.